The minimum atomic E-state index is -0.694. The van der Waals surface area contributed by atoms with Gasteiger partial charge in [0.25, 0.3) is 0 Å². The largest absolute Gasteiger partial charge is 0.484 e. The molecule has 2 rings (SSSR count). The van der Waals surface area contributed by atoms with Crippen LogP contribution >= 0.6 is 0 Å². The molecule has 21 heavy (non-hydrogen) atoms. The molecular weight excluding hydrogens is 271 g/mol. The summed E-state index contributed by atoms with van der Waals surface area (Å²) < 4.78 is 18.6. The molecule has 0 bridgehead atoms. The Morgan fingerprint density at radius 1 is 1.10 bits per heavy atom. The number of ether oxygens (including phenoxy) is 1. The summed E-state index contributed by atoms with van der Waals surface area (Å²) in [5, 5.41) is 17.5. The van der Waals surface area contributed by atoms with Crippen molar-refractivity contribution in [1.29, 1.82) is 10.5 Å². The van der Waals surface area contributed by atoms with Gasteiger partial charge in [0.05, 0.1) is 11.6 Å². The second-order valence-corrected chi connectivity index (χ2v) is 4.13. The van der Waals surface area contributed by atoms with Crippen LogP contribution in [0.4, 0.5) is 4.39 Å². The number of nitriles is 2. The van der Waals surface area contributed by atoms with E-state index < -0.39 is 5.82 Å². The summed E-state index contributed by atoms with van der Waals surface area (Å²) in [6, 6.07) is 13.7. The zero-order valence-corrected chi connectivity index (χ0v) is 10.8. The molecule has 0 aliphatic heterocycles. The minimum absolute atomic E-state index is 0.0273. The first-order valence-electron chi connectivity index (χ1n) is 6.00. The van der Waals surface area contributed by atoms with Crippen LogP contribution in [0.5, 0.6) is 5.75 Å². The molecule has 4 nitrogen and oxygen atoms in total. The number of Topliss-reactive ketones (excluding diaryl/α,β-unsaturated/α-hetero) is 1. The fraction of sp³-hybridized carbons (Fsp3) is 0.0625. The van der Waals surface area contributed by atoms with Gasteiger partial charge in [0, 0.05) is 5.56 Å². The van der Waals surface area contributed by atoms with E-state index in [0.717, 1.165) is 6.07 Å². The molecule has 0 aliphatic carbocycles. The second kappa shape index (κ2) is 6.31. The molecule has 0 saturated carbocycles. The van der Waals surface area contributed by atoms with Crippen LogP contribution in [0.3, 0.4) is 0 Å². The molecule has 0 N–H and O–H groups in total. The minimum Gasteiger partial charge on any atom is -0.484 e. The second-order valence-electron chi connectivity index (χ2n) is 4.13. The average Bonchev–Trinajstić information content (AvgIpc) is 2.52. The van der Waals surface area contributed by atoms with Crippen LogP contribution in [0, 0.1) is 28.5 Å². The number of carbonyl (C=O) groups is 1. The highest BCUT2D eigenvalue weighted by Gasteiger charge is 2.12. The van der Waals surface area contributed by atoms with Crippen molar-refractivity contribution in [3.63, 3.8) is 0 Å². The summed E-state index contributed by atoms with van der Waals surface area (Å²) in [6.07, 6.45) is 0. The summed E-state index contributed by atoms with van der Waals surface area (Å²) in [5.74, 6) is -0.993. The van der Waals surface area contributed by atoms with Gasteiger partial charge in [-0.25, -0.2) is 4.39 Å². The van der Waals surface area contributed by atoms with Gasteiger partial charge in [0.1, 0.15) is 23.2 Å². The van der Waals surface area contributed by atoms with Crippen molar-refractivity contribution in [2.45, 2.75) is 0 Å². The van der Waals surface area contributed by atoms with Gasteiger partial charge >= 0.3 is 0 Å². The maximum absolute atomic E-state index is 13.4. The molecule has 0 atom stereocenters. The van der Waals surface area contributed by atoms with Crippen molar-refractivity contribution < 1.29 is 13.9 Å². The summed E-state index contributed by atoms with van der Waals surface area (Å²) in [7, 11) is 0. The van der Waals surface area contributed by atoms with E-state index in [9.17, 15) is 9.18 Å². The zero-order valence-electron chi connectivity index (χ0n) is 10.8. The number of halogens is 1. The van der Waals surface area contributed by atoms with E-state index in [1.807, 2.05) is 6.07 Å². The van der Waals surface area contributed by atoms with Gasteiger partial charge in [-0.2, -0.15) is 10.5 Å². The van der Waals surface area contributed by atoms with Gasteiger partial charge in [-0.3, -0.25) is 4.79 Å². The Morgan fingerprint density at radius 3 is 2.43 bits per heavy atom. The van der Waals surface area contributed by atoms with E-state index in [1.54, 1.807) is 6.07 Å². The highest BCUT2D eigenvalue weighted by molar-refractivity contribution is 5.97. The topological polar surface area (TPSA) is 73.9 Å². The van der Waals surface area contributed by atoms with Crippen LogP contribution in [0.25, 0.3) is 0 Å². The molecule has 0 spiro atoms. The van der Waals surface area contributed by atoms with E-state index in [-0.39, 0.29) is 23.7 Å². The van der Waals surface area contributed by atoms with Crippen LogP contribution in [0.15, 0.2) is 42.5 Å². The molecule has 2 aromatic carbocycles. The number of rotatable bonds is 4. The molecule has 0 saturated heterocycles. The van der Waals surface area contributed by atoms with Crippen LogP contribution in [-0.2, 0) is 0 Å². The molecule has 0 aliphatic rings. The van der Waals surface area contributed by atoms with Crippen LogP contribution in [0.2, 0.25) is 0 Å². The quantitative estimate of drug-likeness (QED) is 0.807. The van der Waals surface area contributed by atoms with E-state index in [2.05, 4.69) is 0 Å². The van der Waals surface area contributed by atoms with Crippen molar-refractivity contribution >= 4 is 5.78 Å². The van der Waals surface area contributed by atoms with Crippen molar-refractivity contribution in [3.8, 4) is 17.9 Å². The van der Waals surface area contributed by atoms with E-state index in [1.165, 1.54) is 36.4 Å². The van der Waals surface area contributed by atoms with Gasteiger partial charge in [0.2, 0.25) is 0 Å². The summed E-state index contributed by atoms with van der Waals surface area (Å²) in [6.45, 7) is -0.315. The smallest absolute Gasteiger partial charge is 0.200 e. The third-order valence-electron chi connectivity index (χ3n) is 2.78. The highest BCUT2D eigenvalue weighted by atomic mass is 19.1. The maximum Gasteiger partial charge on any atom is 0.200 e. The SMILES string of the molecule is N#Cc1ccc(C(=O)COc2cccc(F)c2C#N)cc1. The number of nitrogens with zero attached hydrogens (tertiary/aromatic N) is 2. The van der Waals surface area contributed by atoms with Crippen molar-refractivity contribution in [2.24, 2.45) is 0 Å². The summed E-state index contributed by atoms with van der Waals surface area (Å²) in [4.78, 5) is 11.9. The number of hydrogen-bond donors (Lipinski definition) is 0. The lowest BCUT2D eigenvalue weighted by atomic mass is 10.1. The Balaban J connectivity index is 2.10. The van der Waals surface area contributed by atoms with Gasteiger partial charge in [-0.15, -0.1) is 0 Å². The molecule has 0 heterocycles. The van der Waals surface area contributed by atoms with Gasteiger partial charge in [-0.1, -0.05) is 6.07 Å². The maximum atomic E-state index is 13.4. The zero-order chi connectivity index (χ0) is 15.2. The summed E-state index contributed by atoms with van der Waals surface area (Å²) in [5.41, 5.74) is 0.596. The highest BCUT2D eigenvalue weighted by Crippen LogP contribution is 2.20. The Hall–Kier alpha value is -3.18. The first-order valence-corrected chi connectivity index (χ1v) is 6.00. The lowest BCUT2D eigenvalue weighted by molar-refractivity contribution is 0.0921. The Kier molecular flexibility index (Phi) is 4.28. The van der Waals surface area contributed by atoms with Gasteiger partial charge in [0.15, 0.2) is 12.4 Å². The van der Waals surface area contributed by atoms with Crippen molar-refractivity contribution in [1.82, 2.24) is 0 Å². The monoisotopic (exact) mass is 280 g/mol. The number of hydrogen-bond acceptors (Lipinski definition) is 4. The average molecular weight is 280 g/mol. The van der Waals surface area contributed by atoms with Gasteiger partial charge < -0.3 is 4.74 Å². The Bertz CT molecular complexity index is 755. The lowest BCUT2D eigenvalue weighted by Gasteiger charge is -2.07. The first kappa shape index (κ1) is 14.2. The molecule has 2 aromatic rings. The third-order valence-corrected chi connectivity index (χ3v) is 2.78. The predicted octanol–water partition coefficient (Wildman–Crippen LogP) is 2.83. The predicted molar refractivity (Wildman–Crippen MR) is 72.1 cm³/mol. The Labute approximate surface area is 120 Å². The Morgan fingerprint density at radius 2 is 1.81 bits per heavy atom. The summed E-state index contributed by atoms with van der Waals surface area (Å²) >= 11 is 0. The molecule has 0 amide bonds. The first-order chi connectivity index (χ1) is 10.2. The van der Waals surface area contributed by atoms with Crippen molar-refractivity contribution in [3.05, 3.63) is 65.0 Å². The van der Waals surface area contributed by atoms with Crippen LogP contribution < -0.4 is 4.74 Å². The van der Waals surface area contributed by atoms with Crippen molar-refractivity contribution in [2.75, 3.05) is 6.61 Å². The van der Waals surface area contributed by atoms with Crippen LogP contribution in [0.1, 0.15) is 21.5 Å². The fourth-order valence-electron chi connectivity index (χ4n) is 1.69. The number of carbonyl (C=O) groups excluding carboxylic acids is 1. The standard InChI is InChI=1S/C16H9FN2O2/c17-14-2-1-3-16(13(14)9-19)21-10-15(20)12-6-4-11(8-18)5-7-12/h1-7H,10H2. The third kappa shape index (κ3) is 3.23. The molecule has 102 valence electrons. The van der Waals surface area contributed by atoms with E-state index >= 15 is 0 Å². The number of benzene rings is 2. The molecule has 0 radical (unpaired) electrons. The molecule has 5 heteroatoms. The molecule has 0 aromatic heterocycles. The van der Waals surface area contributed by atoms with E-state index in [0.29, 0.717) is 11.1 Å². The van der Waals surface area contributed by atoms with Gasteiger partial charge in [-0.05, 0) is 36.4 Å². The molecule has 0 fully saturated rings. The van der Waals surface area contributed by atoms with Crippen LogP contribution in [-0.4, -0.2) is 12.4 Å². The normalized spacial score (nSPS) is 9.48. The molecule has 0 unspecified atom stereocenters. The fourth-order valence-corrected chi connectivity index (χ4v) is 1.69. The number of ketones is 1. The molecular formula is C16H9FN2O2. The lowest BCUT2D eigenvalue weighted by Crippen LogP contribution is -2.12. The van der Waals surface area contributed by atoms with E-state index in [4.69, 9.17) is 15.3 Å².